The molecule has 2 N–H and O–H groups in total. The lowest BCUT2D eigenvalue weighted by Crippen LogP contribution is -2.68. The molecule has 1 aliphatic heterocycles. The lowest BCUT2D eigenvalue weighted by atomic mass is 9.92. The smallest absolute Gasteiger partial charge is 0.242 e. The quantitative estimate of drug-likeness (QED) is 0.730. The molecule has 4 nitrogen and oxygen atoms in total. The molecule has 0 aromatic rings. The Labute approximate surface area is 110 Å². The zero-order valence-corrected chi connectivity index (χ0v) is 11.6. The molecule has 0 aromatic heterocycles. The van der Waals surface area contributed by atoms with Crippen LogP contribution in [0.1, 0.15) is 52.4 Å². The Hall–Kier alpha value is -0.610. The van der Waals surface area contributed by atoms with Gasteiger partial charge in [-0.05, 0) is 26.7 Å². The van der Waals surface area contributed by atoms with E-state index in [1.54, 1.807) is 0 Å². The first-order valence-corrected chi connectivity index (χ1v) is 7.23. The highest BCUT2D eigenvalue weighted by Crippen LogP contribution is 2.30. The molecule has 18 heavy (non-hydrogen) atoms. The number of rotatable bonds is 2. The number of amides is 1. The highest BCUT2D eigenvalue weighted by Gasteiger charge is 2.43. The van der Waals surface area contributed by atoms with Crippen molar-refractivity contribution in [2.45, 2.75) is 70.0 Å². The van der Waals surface area contributed by atoms with Crippen molar-refractivity contribution in [2.24, 2.45) is 0 Å². The lowest BCUT2D eigenvalue weighted by Gasteiger charge is -2.49. The lowest BCUT2D eigenvalue weighted by molar-refractivity contribution is -0.148. The first-order chi connectivity index (χ1) is 8.56. The van der Waals surface area contributed by atoms with E-state index in [4.69, 9.17) is 0 Å². The molecule has 1 saturated heterocycles. The van der Waals surface area contributed by atoms with Gasteiger partial charge in [0.25, 0.3) is 0 Å². The van der Waals surface area contributed by atoms with Crippen LogP contribution >= 0.6 is 0 Å². The fourth-order valence-electron chi connectivity index (χ4n) is 3.34. The van der Waals surface area contributed by atoms with Crippen LogP contribution in [-0.2, 0) is 4.79 Å². The van der Waals surface area contributed by atoms with Crippen LogP contribution in [0.4, 0.5) is 0 Å². The van der Waals surface area contributed by atoms with Gasteiger partial charge >= 0.3 is 0 Å². The second-order valence-corrected chi connectivity index (χ2v) is 6.28. The summed E-state index contributed by atoms with van der Waals surface area (Å²) in [6.45, 7) is 4.91. The fourth-order valence-corrected chi connectivity index (χ4v) is 3.34. The van der Waals surface area contributed by atoms with E-state index >= 15 is 0 Å². The Morgan fingerprint density at radius 3 is 2.44 bits per heavy atom. The average molecular weight is 254 g/mol. The van der Waals surface area contributed by atoms with Gasteiger partial charge in [-0.25, -0.2) is 0 Å². The molecule has 1 amide bonds. The topological polar surface area (TPSA) is 52.6 Å². The van der Waals surface area contributed by atoms with E-state index in [1.807, 2.05) is 0 Å². The van der Waals surface area contributed by atoms with Crippen LogP contribution in [0, 0.1) is 0 Å². The van der Waals surface area contributed by atoms with Crippen molar-refractivity contribution in [3.63, 3.8) is 0 Å². The van der Waals surface area contributed by atoms with E-state index < -0.39 is 6.04 Å². The van der Waals surface area contributed by atoms with Gasteiger partial charge in [0.1, 0.15) is 6.04 Å². The molecule has 1 heterocycles. The largest absolute Gasteiger partial charge is 0.394 e. The Bertz CT molecular complexity index is 296. The number of carbonyl (C=O) groups excluding carboxylic acids is 1. The van der Waals surface area contributed by atoms with E-state index in [-0.39, 0.29) is 18.1 Å². The molecule has 0 aromatic carbocycles. The van der Waals surface area contributed by atoms with Gasteiger partial charge in [0.15, 0.2) is 0 Å². The molecular weight excluding hydrogens is 228 g/mol. The van der Waals surface area contributed by atoms with Crippen molar-refractivity contribution >= 4 is 5.91 Å². The van der Waals surface area contributed by atoms with Crippen molar-refractivity contribution in [3.05, 3.63) is 0 Å². The zero-order valence-electron chi connectivity index (χ0n) is 11.6. The maximum Gasteiger partial charge on any atom is 0.242 e. The van der Waals surface area contributed by atoms with Gasteiger partial charge in [0, 0.05) is 12.6 Å². The number of hydrogen-bond donors (Lipinski definition) is 2. The summed E-state index contributed by atoms with van der Waals surface area (Å²) in [5.74, 6) is 0.0839. The monoisotopic (exact) mass is 254 g/mol. The normalized spacial score (nSPS) is 30.3. The van der Waals surface area contributed by atoms with Crippen molar-refractivity contribution in [1.29, 1.82) is 0 Å². The van der Waals surface area contributed by atoms with E-state index in [9.17, 15) is 9.90 Å². The van der Waals surface area contributed by atoms with Crippen LogP contribution in [0.15, 0.2) is 0 Å². The predicted molar refractivity (Wildman–Crippen MR) is 71.3 cm³/mol. The van der Waals surface area contributed by atoms with E-state index in [1.165, 1.54) is 25.7 Å². The molecule has 1 atom stereocenters. The van der Waals surface area contributed by atoms with Crippen LogP contribution in [-0.4, -0.2) is 46.7 Å². The summed E-state index contributed by atoms with van der Waals surface area (Å²) in [5.41, 5.74) is -0.141. The van der Waals surface area contributed by atoms with Gasteiger partial charge in [-0.3, -0.25) is 4.79 Å². The van der Waals surface area contributed by atoms with Crippen LogP contribution in [0.3, 0.4) is 0 Å². The van der Waals surface area contributed by atoms with E-state index in [2.05, 4.69) is 24.1 Å². The van der Waals surface area contributed by atoms with Gasteiger partial charge in [-0.2, -0.15) is 0 Å². The minimum atomic E-state index is -0.402. The van der Waals surface area contributed by atoms with Crippen LogP contribution in [0.25, 0.3) is 0 Å². The Balaban J connectivity index is 2.16. The minimum Gasteiger partial charge on any atom is -0.394 e. The molecule has 1 saturated carbocycles. The van der Waals surface area contributed by atoms with Crippen molar-refractivity contribution in [1.82, 2.24) is 10.2 Å². The third-order valence-corrected chi connectivity index (χ3v) is 4.34. The Morgan fingerprint density at radius 1 is 1.28 bits per heavy atom. The van der Waals surface area contributed by atoms with Gasteiger partial charge in [0.2, 0.25) is 5.91 Å². The Morgan fingerprint density at radius 2 is 1.89 bits per heavy atom. The molecule has 0 spiro atoms. The molecule has 0 radical (unpaired) electrons. The summed E-state index contributed by atoms with van der Waals surface area (Å²) in [6, 6.07) is -0.0348. The van der Waals surface area contributed by atoms with Crippen LogP contribution in [0.2, 0.25) is 0 Å². The minimum absolute atomic E-state index is 0.0839. The maximum absolute atomic E-state index is 12.5. The van der Waals surface area contributed by atoms with Crippen molar-refractivity contribution in [2.75, 3.05) is 13.2 Å². The predicted octanol–water partition coefficient (Wildman–Crippen LogP) is 1.28. The molecule has 104 valence electrons. The van der Waals surface area contributed by atoms with Gasteiger partial charge in [-0.1, -0.05) is 25.7 Å². The summed E-state index contributed by atoms with van der Waals surface area (Å²) < 4.78 is 0. The third-order valence-electron chi connectivity index (χ3n) is 4.34. The van der Waals surface area contributed by atoms with Crippen LogP contribution < -0.4 is 5.32 Å². The molecule has 2 rings (SSSR count). The number of aliphatic hydroxyl groups excluding tert-OH is 1. The first-order valence-electron chi connectivity index (χ1n) is 7.23. The highest BCUT2D eigenvalue weighted by atomic mass is 16.3. The summed E-state index contributed by atoms with van der Waals surface area (Å²) in [7, 11) is 0. The second-order valence-electron chi connectivity index (χ2n) is 6.28. The SMILES string of the molecule is CC1(C)CNC(CO)C(=O)N1C1CCCCCC1. The number of hydrogen-bond acceptors (Lipinski definition) is 3. The highest BCUT2D eigenvalue weighted by molar-refractivity contribution is 5.84. The number of piperazine rings is 1. The van der Waals surface area contributed by atoms with Gasteiger partial charge < -0.3 is 15.3 Å². The molecular formula is C14H26N2O2. The fraction of sp³-hybridized carbons (Fsp3) is 0.929. The average Bonchev–Trinajstić information content (AvgIpc) is 2.57. The van der Waals surface area contributed by atoms with Crippen molar-refractivity contribution < 1.29 is 9.90 Å². The van der Waals surface area contributed by atoms with E-state index in [0.717, 1.165) is 19.4 Å². The zero-order chi connectivity index (χ0) is 13.2. The summed E-state index contributed by atoms with van der Waals surface area (Å²) >= 11 is 0. The van der Waals surface area contributed by atoms with Crippen LogP contribution in [0.5, 0.6) is 0 Å². The summed E-state index contributed by atoms with van der Waals surface area (Å²) in [6.07, 6.45) is 7.27. The molecule has 1 unspecified atom stereocenters. The number of carbonyl (C=O) groups is 1. The third kappa shape index (κ3) is 2.69. The number of aliphatic hydroxyl groups is 1. The molecule has 4 heteroatoms. The van der Waals surface area contributed by atoms with Crippen molar-refractivity contribution in [3.8, 4) is 0 Å². The molecule has 1 aliphatic carbocycles. The standard InChI is InChI=1S/C14H26N2O2/c1-14(2)10-15-12(9-17)13(18)16(14)11-7-5-3-4-6-8-11/h11-12,15,17H,3-10H2,1-2H3. The Kier molecular flexibility index (Phi) is 4.28. The maximum atomic E-state index is 12.5. The first kappa shape index (κ1) is 13.8. The molecule has 0 bridgehead atoms. The number of nitrogens with one attached hydrogen (secondary N) is 1. The van der Waals surface area contributed by atoms with Gasteiger partial charge in [0.05, 0.1) is 12.1 Å². The van der Waals surface area contributed by atoms with Gasteiger partial charge in [-0.15, -0.1) is 0 Å². The van der Waals surface area contributed by atoms with E-state index in [0.29, 0.717) is 6.04 Å². The molecule has 2 aliphatic rings. The number of nitrogens with zero attached hydrogens (tertiary/aromatic N) is 1. The summed E-state index contributed by atoms with van der Waals surface area (Å²) in [5, 5.41) is 12.4. The summed E-state index contributed by atoms with van der Waals surface area (Å²) in [4.78, 5) is 14.6. The second kappa shape index (κ2) is 5.57. The molecule has 2 fully saturated rings.